The Bertz CT molecular complexity index is 579. The second kappa shape index (κ2) is 5.30. The maximum atomic E-state index is 13.1. The molecule has 112 valence electrons. The van der Waals surface area contributed by atoms with Crippen molar-refractivity contribution in [2.75, 3.05) is 18.0 Å². The van der Waals surface area contributed by atoms with E-state index in [0.29, 0.717) is 31.0 Å². The van der Waals surface area contributed by atoms with E-state index in [-0.39, 0.29) is 23.0 Å². The molecular weight excluding hydrogens is 295 g/mol. The van der Waals surface area contributed by atoms with Crippen molar-refractivity contribution < 1.29 is 14.0 Å². The third-order valence-electron chi connectivity index (χ3n) is 4.42. The minimum absolute atomic E-state index is 0.181. The van der Waals surface area contributed by atoms with Gasteiger partial charge in [0.15, 0.2) is 0 Å². The van der Waals surface area contributed by atoms with Gasteiger partial charge in [0.25, 0.3) is 0 Å². The Balaban J connectivity index is 1.73. The summed E-state index contributed by atoms with van der Waals surface area (Å²) in [7, 11) is 0. The van der Waals surface area contributed by atoms with Gasteiger partial charge in [-0.15, -0.1) is 0 Å². The SMILES string of the molecule is O=C1CC2(CCN(c3ccc(F)cc3Cl)CC2)CC(=O)N1. The Morgan fingerprint density at radius 1 is 1.14 bits per heavy atom. The number of amides is 2. The average Bonchev–Trinajstić information content (AvgIpc) is 2.39. The molecule has 0 bridgehead atoms. The largest absolute Gasteiger partial charge is 0.370 e. The van der Waals surface area contributed by atoms with Gasteiger partial charge in [0.2, 0.25) is 11.8 Å². The summed E-state index contributed by atoms with van der Waals surface area (Å²) in [6.45, 7) is 1.43. The van der Waals surface area contributed by atoms with Gasteiger partial charge in [0.1, 0.15) is 5.82 Å². The number of piperidine rings is 2. The van der Waals surface area contributed by atoms with Gasteiger partial charge in [-0.25, -0.2) is 4.39 Å². The first-order valence-electron chi connectivity index (χ1n) is 7.00. The molecule has 21 heavy (non-hydrogen) atoms. The molecule has 2 amide bonds. The molecule has 0 aliphatic carbocycles. The summed E-state index contributed by atoms with van der Waals surface area (Å²) in [6.07, 6.45) is 2.34. The van der Waals surface area contributed by atoms with Gasteiger partial charge in [0.05, 0.1) is 10.7 Å². The smallest absolute Gasteiger partial charge is 0.227 e. The van der Waals surface area contributed by atoms with Crippen molar-refractivity contribution in [1.29, 1.82) is 0 Å². The third kappa shape index (κ3) is 2.88. The number of hydrogen-bond acceptors (Lipinski definition) is 3. The van der Waals surface area contributed by atoms with Crippen LogP contribution in [0.3, 0.4) is 0 Å². The van der Waals surface area contributed by atoms with Gasteiger partial charge in [-0.05, 0) is 36.5 Å². The van der Waals surface area contributed by atoms with Crippen LogP contribution >= 0.6 is 11.6 Å². The Labute approximate surface area is 127 Å². The van der Waals surface area contributed by atoms with E-state index in [9.17, 15) is 14.0 Å². The van der Waals surface area contributed by atoms with Crippen molar-refractivity contribution in [2.45, 2.75) is 25.7 Å². The lowest BCUT2D eigenvalue weighted by Gasteiger charge is -2.44. The predicted octanol–water partition coefficient (Wildman–Crippen LogP) is 2.50. The maximum absolute atomic E-state index is 13.1. The number of carbonyl (C=O) groups excluding carboxylic acids is 2. The van der Waals surface area contributed by atoms with E-state index in [1.165, 1.54) is 12.1 Å². The Morgan fingerprint density at radius 2 is 1.76 bits per heavy atom. The maximum Gasteiger partial charge on any atom is 0.227 e. The molecule has 1 spiro atoms. The molecule has 3 rings (SSSR count). The molecule has 2 saturated heterocycles. The predicted molar refractivity (Wildman–Crippen MR) is 77.7 cm³/mol. The number of halogens is 2. The van der Waals surface area contributed by atoms with Crippen LogP contribution in [-0.4, -0.2) is 24.9 Å². The normalized spacial score (nSPS) is 21.5. The summed E-state index contributed by atoms with van der Waals surface area (Å²) >= 11 is 6.09. The van der Waals surface area contributed by atoms with Crippen LogP contribution in [0.4, 0.5) is 10.1 Å². The molecule has 0 radical (unpaired) electrons. The van der Waals surface area contributed by atoms with Crippen LogP contribution in [0.15, 0.2) is 18.2 Å². The number of benzene rings is 1. The highest BCUT2D eigenvalue weighted by Gasteiger charge is 2.42. The first-order chi connectivity index (χ1) is 9.97. The second-order valence-corrected chi connectivity index (χ2v) is 6.31. The average molecular weight is 311 g/mol. The van der Waals surface area contributed by atoms with Crippen LogP contribution in [0, 0.1) is 11.2 Å². The van der Waals surface area contributed by atoms with Gasteiger partial charge in [-0.3, -0.25) is 14.9 Å². The molecule has 0 atom stereocenters. The Hall–Kier alpha value is -1.62. The fourth-order valence-corrected chi connectivity index (χ4v) is 3.59. The van der Waals surface area contributed by atoms with Crippen LogP contribution in [0.1, 0.15) is 25.7 Å². The number of hydrogen-bond donors (Lipinski definition) is 1. The molecule has 6 heteroatoms. The van der Waals surface area contributed by atoms with Gasteiger partial charge < -0.3 is 4.90 Å². The Morgan fingerprint density at radius 3 is 2.33 bits per heavy atom. The van der Waals surface area contributed by atoms with Gasteiger partial charge in [-0.2, -0.15) is 0 Å². The number of carbonyl (C=O) groups is 2. The topological polar surface area (TPSA) is 49.4 Å². The number of anilines is 1. The zero-order valence-electron chi connectivity index (χ0n) is 11.5. The van der Waals surface area contributed by atoms with Crippen molar-refractivity contribution in [3.63, 3.8) is 0 Å². The zero-order chi connectivity index (χ0) is 15.0. The van der Waals surface area contributed by atoms with Crippen LogP contribution < -0.4 is 10.2 Å². The lowest BCUT2D eigenvalue weighted by atomic mass is 9.71. The van der Waals surface area contributed by atoms with E-state index in [1.807, 2.05) is 0 Å². The standard InChI is InChI=1S/C15H16ClFN2O2/c16-11-7-10(17)1-2-12(11)19-5-3-15(4-6-19)8-13(20)18-14(21)9-15/h1-2,7H,3-6,8-9H2,(H,18,20,21). The molecule has 4 nitrogen and oxygen atoms in total. The highest BCUT2D eigenvalue weighted by molar-refractivity contribution is 6.33. The summed E-state index contributed by atoms with van der Waals surface area (Å²) in [5, 5.41) is 2.75. The van der Waals surface area contributed by atoms with Crippen LogP contribution in [0.5, 0.6) is 0 Å². The molecule has 2 heterocycles. The highest BCUT2D eigenvalue weighted by atomic mass is 35.5. The summed E-state index contributed by atoms with van der Waals surface area (Å²) in [4.78, 5) is 25.3. The summed E-state index contributed by atoms with van der Waals surface area (Å²) in [6, 6.07) is 4.37. The van der Waals surface area contributed by atoms with E-state index in [0.717, 1.165) is 18.5 Å². The van der Waals surface area contributed by atoms with Crippen molar-refractivity contribution in [3.8, 4) is 0 Å². The van der Waals surface area contributed by atoms with Crippen molar-refractivity contribution in [2.24, 2.45) is 5.41 Å². The molecular formula is C15H16ClFN2O2. The van der Waals surface area contributed by atoms with E-state index in [4.69, 9.17) is 11.6 Å². The first kappa shape index (κ1) is 14.3. The number of nitrogens with zero attached hydrogens (tertiary/aromatic N) is 1. The van der Waals surface area contributed by atoms with Gasteiger partial charge in [-0.1, -0.05) is 11.6 Å². The van der Waals surface area contributed by atoms with E-state index >= 15 is 0 Å². The minimum atomic E-state index is -0.355. The molecule has 2 fully saturated rings. The summed E-state index contributed by atoms with van der Waals surface area (Å²) in [5.41, 5.74) is 0.585. The van der Waals surface area contributed by atoms with Crippen LogP contribution in [0.2, 0.25) is 5.02 Å². The number of rotatable bonds is 1. The van der Waals surface area contributed by atoms with Gasteiger partial charge >= 0.3 is 0 Å². The summed E-state index contributed by atoms with van der Waals surface area (Å²) < 4.78 is 13.1. The van der Waals surface area contributed by atoms with Crippen LogP contribution in [-0.2, 0) is 9.59 Å². The fourth-order valence-electron chi connectivity index (χ4n) is 3.30. The van der Waals surface area contributed by atoms with E-state index in [1.54, 1.807) is 6.07 Å². The zero-order valence-corrected chi connectivity index (χ0v) is 12.3. The number of nitrogens with one attached hydrogen (secondary N) is 1. The molecule has 0 unspecified atom stereocenters. The monoisotopic (exact) mass is 310 g/mol. The van der Waals surface area contributed by atoms with E-state index in [2.05, 4.69) is 10.2 Å². The van der Waals surface area contributed by atoms with E-state index < -0.39 is 0 Å². The second-order valence-electron chi connectivity index (χ2n) is 5.91. The lowest BCUT2D eigenvalue weighted by Crippen LogP contribution is -2.50. The molecule has 0 aromatic heterocycles. The highest BCUT2D eigenvalue weighted by Crippen LogP contribution is 2.42. The fraction of sp³-hybridized carbons (Fsp3) is 0.467. The van der Waals surface area contributed by atoms with Crippen molar-refractivity contribution in [3.05, 3.63) is 29.0 Å². The molecule has 1 aromatic carbocycles. The number of imide groups is 1. The van der Waals surface area contributed by atoms with Gasteiger partial charge in [0, 0.05) is 25.9 Å². The molecule has 0 saturated carbocycles. The molecule has 1 aromatic rings. The lowest BCUT2D eigenvalue weighted by molar-refractivity contribution is -0.138. The minimum Gasteiger partial charge on any atom is -0.370 e. The van der Waals surface area contributed by atoms with Crippen molar-refractivity contribution in [1.82, 2.24) is 5.32 Å². The molecule has 2 aliphatic heterocycles. The Kier molecular flexibility index (Phi) is 3.61. The summed E-state index contributed by atoms with van der Waals surface area (Å²) in [5.74, 6) is -0.717. The molecule has 1 N–H and O–H groups in total. The van der Waals surface area contributed by atoms with Crippen LogP contribution in [0.25, 0.3) is 0 Å². The molecule has 2 aliphatic rings. The quantitative estimate of drug-likeness (QED) is 0.811. The van der Waals surface area contributed by atoms with Crippen molar-refractivity contribution >= 4 is 29.1 Å². The third-order valence-corrected chi connectivity index (χ3v) is 4.73. The first-order valence-corrected chi connectivity index (χ1v) is 7.38.